The Labute approximate surface area is 703 Å². The van der Waals surface area contributed by atoms with Gasteiger partial charge in [-0.05, 0) is 120 Å². The van der Waals surface area contributed by atoms with Crippen molar-refractivity contribution in [3.05, 3.63) is 98.6 Å². The zero-order valence-electron chi connectivity index (χ0n) is 70.7. The average Bonchev–Trinajstić information content (AvgIpc) is 1.59. The van der Waals surface area contributed by atoms with Gasteiger partial charge < -0.3 is 108 Å². The molecule has 3 aliphatic heterocycles. The number of imide groups is 1. The number of nitrogens with zero attached hydrogens (tertiary/aromatic N) is 3. The number of aryl methyl sites for hydroxylation is 1. The van der Waals surface area contributed by atoms with Crippen LogP contribution in [-0.4, -0.2) is 260 Å². The molecule has 8 N–H and O–H groups in total. The van der Waals surface area contributed by atoms with Crippen molar-refractivity contribution < 1.29 is 124 Å². The fourth-order valence-electron chi connectivity index (χ4n) is 13.0. The number of aromatic nitrogens is 2. The number of hydrogen-bond donors (Lipinski definition) is 8. The third kappa shape index (κ3) is 32.2. The van der Waals surface area contributed by atoms with Crippen LogP contribution in [0.25, 0.3) is 22.3 Å². The number of hydrogen-bond acceptors (Lipinski definition) is 27. The highest BCUT2D eigenvalue weighted by atomic mass is 19.1. The van der Waals surface area contributed by atoms with E-state index in [9.17, 15) is 62.6 Å². The van der Waals surface area contributed by atoms with E-state index in [0.717, 1.165) is 28.2 Å². The van der Waals surface area contributed by atoms with Gasteiger partial charge in [-0.3, -0.25) is 57.6 Å². The van der Waals surface area contributed by atoms with Crippen LogP contribution >= 0.6 is 0 Å². The van der Waals surface area contributed by atoms with E-state index in [1.165, 1.54) is 17.6 Å². The molecule has 7 rings (SSSR count). The van der Waals surface area contributed by atoms with Gasteiger partial charge in [0, 0.05) is 86.4 Å². The first-order valence-electron chi connectivity index (χ1n) is 41.1. The van der Waals surface area contributed by atoms with Crippen LogP contribution in [0, 0.1) is 11.7 Å². The lowest BCUT2D eigenvalue weighted by Crippen LogP contribution is -2.57. The minimum Gasteiger partial charge on any atom is -0.486 e. The molecule has 4 aromatic rings. The van der Waals surface area contributed by atoms with Gasteiger partial charge in [-0.15, -0.1) is 0 Å². The molecule has 2 aromatic heterocycles. The molecule has 9 amide bonds. The summed E-state index contributed by atoms with van der Waals surface area (Å²) in [4.78, 5) is 164. The van der Waals surface area contributed by atoms with E-state index in [1.807, 2.05) is 6.92 Å². The number of esters is 2. The van der Waals surface area contributed by atoms with Crippen LogP contribution in [0.5, 0.6) is 5.75 Å². The Kier molecular flexibility index (Phi) is 41.6. The van der Waals surface area contributed by atoms with Crippen molar-refractivity contribution in [2.24, 2.45) is 5.92 Å². The summed E-state index contributed by atoms with van der Waals surface area (Å²) < 4.78 is 87.9. The number of anilines is 1. The van der Waals surface area contributed by atoms with Crippen LogP contribution in [-0.2, 0) is 141 Å². The molecule has 0 saturated carbocycles. The van der Waals surface area contributed by atoms with Crippen molar-refractivity contribution >= 4 is 81.7 Å². The summed E-state index contributed by atoms with van der Waals surface area (Å²) in [6.45, 7) is 19.4. The predicted molar refractivity (Wildman–Crippen MR) is 435 cm³/mol. The van der Waals surface area contributed by atoms with Crippen molar-refractivity contribution in [2.75, 3.05) is 151 Å². The molecule has 121 heavy (non-hydrogen) atoms. The summed E-state index contributed by atoms with van der Waals surface area (Å²) in [7, 11) is 1.62. The zero-order valence-corrected chi connectivity index (χ0v) is 70.7. The Morgan fingerprint density at radius 1 is 0.620 bits per heavy atom. The number of rotatable bonds is 59. The van der Waals surface area contributed by atoms with Crippen LogP contribution in [0.4, 0.5) is 10.1 Å². The lowest BCUT2D eigenvalue weighted by atomic mass is 9.86. The van der Waals surface area contributed by atoms with E-state index in [2.05, 4.69) is 37.2 Å². The lowest BCUT2D eigenvalue weighted by molar-refractivity contribution is -0.172. The Bertz CT molecular complexity index is 4200. The third-order valence-electron chi connectivity index (χ3n) is 19.4. The van der Waals surface area contributed by atoms with Gasteiger partial charge in [0.15, 0.2) is 17.2 Å². The summed E-state index contributed by atoms with van der Waals surface area (Å²) in [5.41, 5.74) is 0.685. The maximum atomic E-state index is 15.9. The number of carbonyl (C=O) groups excluding carboxylic acids is 11. The van der Waals surface area contributed by atoms with Gasteiger partial charge in [-0.25, -0.2) is 14.2 Å². The van der Waals surface area contributed by atoms with E-state index in [1.54, 1.807) is 85.1 Å². The molecule has 3 aliphatic rings. The minimum absolute atomic E-state index is 0.00784. The lowest BCUT2D eigenvalue weighted by Gasteiger charge is -2.31. The highest BCUT2D eigenvalue weighted by Crippen LogP contribution is 2.41. The maximum absolute atomic E-state index is 15.9. The van der Waals surface area contributed by atoms with E-state index in [-0.39, 0.29) is 134 Å². The van der Waals surface area contributed by atoms with Gasteiger partial charge >= 0.3 is 11.9 Å². The van der Waals surface area contributed by atoms with Crippen LogP contribution in [0.3, 0.4) is 0 Å². The molecular weight excluding hydrogens is 1580 g/mol. The molecule has 37 heteroatoms. The molecule has 0 saturated heterocycles. The fraction of sp³-hybridized carbons (Fsp3) is 0.607. The molecule has 0 spiro atoms. The number of cyclic esters (lactones) is 1. The Morgan fingerprint density at radius 3 is 1.77 bits per heavy atom. The quantitative estimate of drug-likeness (QED) is 0.0119. The number of pyridine rings is 2. The molecule has 0 fully saturated rings. The van der Waals surface area contributed by atoms with Crippen LogP contribution in [0.15, 0.2) is 59.4 Å². The third-order valence-corrected chi connectivity index (χ3v) is 19.4. The highest BCUT2D eigenvalue weighted by molar-refractivity contribution is 6.13. The summed E-state index contributed by atoms with van der Waals surface area (Å²) in [5, 5.41) is 30.9. The smallest absolute Gasteiger partial charge is 0.343 e. The van der Waals surface area contributed by atoms with Crippen molar-refractivity contribution in [1.82, 2.24) is 46.4 Å². The number of benzene rings is 2. The highest BCUT2D eigenvalue weighted by Gasteiger charge is 2.46. The van der Waals surface area contributed by atoms with Crippen molar-refractivity contribution in [1.29, 1.82) is 0 Å². The molecule has 0 bridgehead atoms. The van der Waals surface area contributed by atoms with E-state index in [4.69, 9.17) is 66.6 Å². The fourth-order valence-corrected chi connectivity index (χ4v) is 13.0. The number of aliphatic hydroxyl groups is 1. The summed E-state index contributed by atoms with van der Waals surface area (Å²) in [6, 6.07) is 6.07. The molecule has 2 aromatic carbocycles. The number of nitrogens with one attached hydrogen (secondary N) is 7. The number of halogens is 1. The molecule has 36 nitrogen and oxygen atoms in total. The SMILES string of the molecule is CCc1c2c(nc3cc(F)c(OCc4ccc(NC(=O)[C@H](C)NC(=O)[C@@H](NC(=O)[C@H](CCC(=O)OC(C)(C)C)NC(=O)CCCNC(=O)[C@H](CCCCNC(=O)COCCOCOCCOCCOCCOCCOCCOCCOCCOC)NC(=O)CCCN5C(=O)C=CC5=O)C(C)C)cc4)cc13)-c1cc3c(c(=O)n1C2)COC(=O)[C@]3(O)CC. The van der Waals surface area contributed by atoms with Crippen molar-refractivity contribution in [3.63, 3.8) is 0 Å². The van der Waals surface area contributed by atoms with Crippen LogP contribution in [0.2, 0.25) is 0 Å². The van der Waals surface area contributed by atoms with Gasteiger partial charge in [0.2, 0.25) is 41.4 Å². The van der Waals surface area contributed by atoms with Gasteiger partial charge in [0.1, 0.15) is 56.4 Å². The second-order valence-electron chi connectivity index (χ2n) is 30.1. The number of methoxy groups -OCH3 is 1. The van der Waals surface area contributed by atoms with Crippen molar-refractivity contribution in [3.8, 4) is 17.1 Å². The second-order valence-corrected chi connectivity index (χ2v) is 30.1. The van der Waals surface area contributed by atoms with Gasteiger partial charge in [0.05, 0.1) is 135 Å². The van der Waals surface area contributed by atoms with Gasteiger partial charge in [-0.2, -0.15) is 0 Å². The van der Waals surface area contributed by atoms with E-state index < -0.39 is 118 Å². The molecule has 0 radical (unpaired) electrons. The minimum atomic E-state index is -2.01. The van der Waals surface area contributed by atoms with E-state index in [0.29, 0.717) is 145 Å². The number of ether oxygens (including phenoxy) is 13. The molecule has 5 heterocycles. The normalized spacial score (nSPS) is 15.1. The summed E-state index contributed by atoms with van der Waals surface area (Å²) >= 11 is 0. The molecule has 668 valence electrons. The summed E-state index contributed by atoms with van der Waals surface area (Å²) in [6.07, 6.45) is 2.88. The average molecular weight is 1700 g/mol. The topological polar surface area (TPSA) is 450 Å². The first-order valence-corrected chi connectivity index (χ1v) is 41.1. The number of amides is 9. The first kappa shape index (κ1) is 98.3. The molecule has 5 atom stereocenters. The number of unbranched alkanes of at least 4 members (excludes halogenated alkanes) is 1. The summed E-state index contributed by atoms with van der Waals surface area (Å²) in [5.74, 6) is -8.17. The van der Waals surface area contributed by atoms with Crippen LogP contribution < -0.4 is 47.5 Å². The largest absolute Gasteiger partial charge is 0.486 e. The first-order chi connectivity index (χ1) is 58.0. The Hall–Kier alpha value is -9.80. The van der Waals surface area contributed by atoms with Crippen molar-refractivity contribution in [2.45, 2.75) is 181 Å². The second kappa shape index (κ2) is 51.2. The zero-order chi connectivity index (χ0) is 87.9. The maximum Gasteiger partial charge on any atom is 0.343 e. The Balaban J connectivity index is 0.806. The van der Waals surface area contributed by atoms with E-state index >= 15 is 4.39 Å². The monoisotopic (exact) mass is 1700 g/mol. The molecule has 0 aliphatic carbocycles. The number of fused-ring (bicyclic) bond motifs is 5. The van der Waals surface area contributed by atoms with Crippen LogP contribution in [0.1, 0.15) is 147 Å². The van der Waals surface area contributed by atoms with Gasteiger partial charge in [-0.1, -0.05) is 39.8 Å². The molecular formula is C84H119FN10O26. The number of carbonyl (C=O) groups is 11. The Morgan fingerprint density at radius 2 is 1.19 bits per heavy atom. The molecule has 0 unspecified atom stereocenters. The van der Waals surface area contributed by atoms with Gasteiger partial charge in [0.25, 0.3) is 17.4 Å². The standard InChI is InChI=1S/C84H119FN10O26/c1-10-58-59-46-68(63(85)48-66(59)92-76-60(58)49-95-67(76)47-62-61(81(95)106)51-120-82(107)84(62,108)11-2)119-50-56-19-21-57(22-20-56)89-77(102)55(5)88-80(105)75(54(3)4)93-79(104)65(23-26-74(101)121-83(6,7)8)91-69(96)17-14-28-87-78(103)64(90-70(97)18-15-29-94-72(99)24-25-73(94)100)16-12-13-27-86-71(98)52-116-43-45-118-53-117-44-42-115-41-40-114-39-38-113-37-36-112-35-34-111-33-32-110-31-30-109-9/h19-22,24-25,46-48,54-55,64-65,75,108H,10-18,23,26-45,49-53H2,1-9H3,(H,86,98)(H,87,103)(H,88,105)(H,89,102)(H,90,97)(H,91,96)(H,93,104)/t55-,64-,65-,75-,84-/m0/s1. The predicted octanol–water partition coefficient (Wildman–Crippen LogP) is 3.68.